The number of nitrogens with one attached hydrogen (secondary N) is 2. The van der Waals surface area contributed by atoms with Gasteiger partial charge in [0.05, 0.1) is 0 Å². The molecule has 1 rings (SSSR count). The first-order chi connectivity index (χ1) is 6.83. The third kappa shape index (κ3) is 4.50. The highest BCUT2D eigenvalue weighted by Gasteiger charge is 1.96. The molecule has 1 atom stereocenters. The molecule has 2 N–H and O–H groups in total. The Balaban J connectivity index is 2.24. The second-order valence-electron chi connectivity index (χ2n) is 2.97. The number of hydrogen-bond donors (Lipinski definition) is 2. The summed E-state index contributed by atoms with van der Waals surface area (Å²) < 4.78 is 17.0. The van der Waals surface area contributed by atoms with Crippen molar-refractivity contribution in [3.63, 3.8) is 0 Å². The van der Waals surface area contributed by atoms with E-state index in [1.165, 1.54) is 0 Å². The number of benzene rings is 1. The molecule has 0 saturated heterocycles. The summed E-state index contributed by atoms with van der Waals surface area (Å²) in [6.07, 6.45) is 0.985. The molecule has 0 spiro atoms. The van der Waals surface area contributed by atoms with Gasteiger partial charge in [0.1, 0.15) is 0 Å². The van der Waals surface area contributed by atoms with E-state index < -0.39 is 11.2 Å². The Morgan fingerprint density at radius 3 is 2.57 bits per heavy atom. The third-order valence-electron chi connectivity index (χ3n) is 1.73. The van der Waals surface area contributed by atoms with Crippen LogP contribution in [0.3, 0.4) is 0 Å². The fourth-order valence-corrected chi connectivity index (χ4v) is 1.78. The molecule has 0 amide bonds. The minimum Gasteiger partial charge on any atom is -0.225 e. The summed E-state index contributed by atoms with van der Waals surface area (Å²) in [5.74, 6) is 0. The molecule has 0 aliphatic rings. The van der Waals surface area contributed by atoms with Crippen LogP contribution in [0.1, 0.15) is 18.9 Å². The normalized spacial score (nSPS) is 12.6. The molecule has 0 heterocycles. The molecule has 1 unspecified atom stereocenters. The Bertz CT molecular complexity index is 277. The first kappa shape index (κ1) is 11.4. The molecular formula is C10H16N2OS. The zero-order valence-corrected chi connectivity index (χ0v) is 9.14. The van der Waals surface area contributed by atoms with Crippen LogP contribution in [0, 0.1) is 0 Å². The van der Waals surface area contributed by atoms with Crippen molar-refractivity contribution in [1.29, 1.82) is 0 Å². The van der Waals surface area contributed by atoms with Crippen LogP contribution in [-0.4, -0.2) is 10.8 Å². The smallest absolute Gasteiger partial charge is 0.167 e. The molecule has 0 radical (unpaired) electrons. The zero-order valence-electron chi connectivity index (χ0n) is 8.32. The fraction of sp³-hybridized carbons (Fsp3) is 0.400. The van der Waals surface area contributed by atoms with Crippen LogP contribution >= 0.6 is 0 Å². The van der Waals surface area contributed by atoms with E-state index in [2.05, 4.69) is 9.44 Å². The second-order valence-corrected chi connectivity index (χ2v) is 4.08. The van der Waals surface area contributed by atoms with Crippen LogP contribution < -0.4 is 9.44 Å². The Morgan fingerprint density at radius 1 is 1.21 bits per heavy atom. The van der Waals surface area contributed by atoms with Crippen molar-refractivity contribution in [2.24, 2.45) is 0 Å². The molecule has 1 aromatic rings. The summed E-state index contributed by atoms with van der Waals surface area (Å²) in [4.78, 5) is 0. The van der Waals surface area contributed by atoms with Crippen LogP contribution in [0.4, 0.5) is 0 Å². The van der Waals surface area contributed by atoms with Crippen molar-refractivity contribution >= 4 is 11.2 Å². The molecule has 14 heavy (non-hydrogen) atoms. The van der Waals surface area contributed by atoms with Gasteiger partial charge >= 0.3 is 0 Å². The topological polar surface area (TPSA) is 41.1 Å². The largest absolute Gasteiger partial charge is 0.225 e. The maximum absolute atomic E-state index is 11.3. The molecule has 0 bridgehead atoms. The molecular weight excluding hydrogens is 196 g/mol. The fourth-order valence-electron chi connectivity index (χ4n) is 0.991. The van der Waals surface area contributed by atoms with E-state index in [9.17, 15) is 4.21 Å². The average molecular weight is 212 g/mol. The van der Waals surface area contributed by atoms with E-state index in [0.29, 0.717) is 6.54 Å². The molecule has 4 heteroatoms. The lowest BCUT2D eigenvalue weighted by Gasteiger charge is -2.04. The third-order valence-corrected chi connectivity index (χ3v) is 2.61. The molecule has 0 aromatic heterocycles. The van der Waals surface area contributed by atoms with E-state index in [0.717, 1.165) is 18.5 Å². The molecule has 0 saturated carbocycles. The predicted molar refractivity (Wildman–Crippen MR) is 59.7 cm³/mol. The Morgan fingerprint density at radius 2 is 1.93 bits per heavy atom. The second kappa shape index (κ2) is 6.70. The first-order valence-corrected chi connectivity index (χ1v) is 5.90. The highest BCUT2D eigenvalue weighted by molar-refractivity contribution is 7.80. The van der Waals surface area contributed by atoms with Crippen molar-refractivity contribution < 1.29 is 4.21 Å². The van der Waals surface area contributed by atoms with E-state index in [4.69, 9.17) is 0 Å². The summed E-state index contributed by atoms with van der Waals surface area (Å²) in [6.45, 7) is 3.44. The van der Waals surface area contributed by atoms with Gasteiger partial charge in [-0.1, -0.05) is 37.3 Å². The number of hydrogen-bond acceptors (Lipinski definition) is 1. The van der Waals surface area contributed by atoms with Gasteiger partial charge in [0.25, 0.3) is 0 Å². The van der Waals surface area contributed by atoms with Gasteiger partial charge in [-0.05, 0) is 12.0 Å². The average Bonchev–Trinajstić information content (AvgIpc) is 2.25. The van der Waals surface area contributed by atoms with Gasteiger partial charge in [-0.25, -0.2) is 13.7 Å². The van der Waals surface area contributed by atoms with Crippen molar-refractivity contribution in [1.82, 2.24) is 9.44 Å². The molecule has 78 valence electrons. The number of rotatable bonds is 6. The summed E-state index contributed by atoms with van der Waals surface area (Å²) >= 11 is -1.12. The van der Waals surface area contributed by atoms with Gasteiger partial charge in [-0.15, -0.1) is 0 Å². The summed E-state index contributed by atoms with van der Waals surface area (Å²) in [5, 5.41) is 0. The highest BCUT2D eigenvalue weighted by Crippen LogP contribution is 1.96. The van der Waals surface area contributed by atoms with Gasteiger partial charge in [0, 0.05) is 13.1 Å². The standard InChI is InChI=1S/C10H16N2OS/c1-2-8-11-14(13)12-9-10-6-4-3-5-7-10/h3-7,11-12H,2,8-9H2,1H3. The van der Waals surface area contributed by atoms with Gasteiger partial charge in [-0.3, -0.25) is 0 Å². The van der Waals surface area contributed by atoms with Crippen molar-refractivity contribution in [3.05, 3.63) is 35.9 Å². The SMILES string of the molecule is CCCNS(=O)NCc1ccccc1. The molecule has 0 aliphatic heterocycles. The Hall–Kier alpha value is -0.710. The lowest BCUT2D eigenvalue weighted by Crippen LogP contribution is -2.30. The van der Waals surface area contributed by atoms with Crippen LogP contribution in [0.25, 0.3) is 0 Å². The molecule has 3 nitrogen and oxygen atoms in total. The van der Waals surface area contributed by atoms with Gasteiger partial charge < -0.3 is 0 Å². The van der Waals surface area contributed by atoms with Crippen LogP contribution in [0.2, 0.25) is 0 Å². The lowest BCUT2D eigenvalue weighted by molar-refractivity contribution is 0.657. The maximum atomic E-state index is 11.3. The Labute approximate surface area is 87.6 Å². The van der Waals surface area contributed by atoms with Gasteiger partial charge in [0.15, 0.2) is 11.2 Å². The Kier molecular flexibility index (Phi) is 5.44. The quantitative estimate of drug-likeness (QED) is 0.734. The van der Waals surface area contributed by atoms with E-state index in [1.54, 1.807) is 0 Å². The van der Waals surface area contributed by atoms with Crippen LogP contribution in [0.5, 0.6) is 0 Å². The van der Waals surface area contributed by atoms with E-state index in [-0.39, 0.29) is 0 Å². The van der Waals surface area contributed by atoms with Crippen molar-refractivity contribution in [3.8, 4) is 0 Å². The van der Waals surface area contributed by atoms with Crippen molar-refractivity contribution in [2.75, 3.05) is 6.54 Å². The summed E-state index contributed by atoms with van der Waals surface area (Å²) in [5.41, 5.74) is 1.14. The van der Waals surface area contributed by atoms with Crippen LogP contribution in [-0.2, 0) is 17.7 Å². The predicted octanol–water partition coefficient (Wildman–Crippen LogP) is 1.35. The maximum Gasteiger partial charge on any atom is 0.167 e. The minimum atomic E-state index is -1.12. The summed E-state index contributed by atoms with van der Waals surface area (Å²) in [7, 11) is 0. The monoisotopic (exact) mass is 212 g/mol. The molecule has 0 aliphatic carbocycles. The van der Waals surface area contributed by atoms with Gasteiger partial charge in [-0.2, -0.15) is 0 Å². The summed E-state index contributed by atoms with van der Waals surface area (Å²) in [6, 6.07) is 9.92. The lowest BCUT2D eigenvalue weighted by atomic mass is 10.2. The van der Waals surface area contributed by atoms with Crippen LogP contribution in [0.15, 0.2) is 30.3 Å². The van der Waals surface area contributed by atoms with Crippen molar-refractivity contribution in [2.45, 2.75) is 19.9 Å². The highest BCUT2D eigenvalue weighted by atomic mass is 32.2. The molecule has 1 aromatic carbocycles. The first-order valence-electron chi connectivity index (χ1n) is 4.75. The van der Waals surface area contributed by atoms with E-state index in [1.807, 2.05) is 37.3 Å². The minimum absolute atomic E-state index is 0.629. The van der Waals surface area contributed by atoms with E-state index >= 15 is 0 Å². The van der Waals surface area contributed by atoms with Gasteiger partial charge in [0.2, 0.25) is 0 Å². The molecule has 0 fully saturated rings. The zero-order chi connectivity index (χ0) is 10.2.